The van der Waals surface area contributed by atoms with Gasteiger partial charge in [-0.15, -0.1) is 11.8 Å². The van der Waals surface area contributed by atoms with Gasteiger partial charge in [-0.05, 0) is 13.5 Å². The summed E-state index contributed by atoms with van der Waals surface area (Å²) in [7, 11) is 2.07. The summed E-state index contributed by atoms with van der Waals surface area (Å²) in [4.78, 5) is 0. The second kappa shape index (κ2) is 21.3. The molecule has 0 aromatic carbocycles. The van der Waals surface area contributed by atoms with E-state index < -0.39 is 0 Å². The summed E-state index contributed by atoms with van der Waals surface area (Å²) in [5.74, 6) is 1.07. The van der Waals surface area contributed by atoms with Gasteiger partial charge in [-0.3, -0.25) is 0 Å². The van der Waals surface area contributed by atoms with E-state index in [4.69, 9.17) is 5.73 Å². The van der Waals surface area contributed by atoms with Crippen molar-refractivity contribution in [2.45, 2.75) is 115 Å². The summed E-state index contributed by atoms with van der Waals surface area (Å²) in [6.07, 6.45) is 22.9. The fourth-order valence-corrected chi connectivity index (χ4v) is 4.14. The molecule has 24 heavy (non-hydrogen) atoms. The zero-order chi connectivity index (χ0) is 17.7. The minimum Gasteiger partial charge on any atom is -0.330 e. The zero-order valence-electron chi connectivity index (χ0n) is 16.8. The van der Waals surface area contributed by atoms with Gasteiger partial charge >= 0.3 is 0 Å². The van der Waals surface area contributed by atoms with Gasteiger partial charge in [0.25, 0.3) is 0 Å². The predicted octanol–water partition coefficient (Wildman–Crippen LogP) is 6.49. The fraction of sp³-hybridized carbons (Fsp3) is 1.00. The topological polar surface area (TPSA) is 38.0 Å². The van der Waals surface area contributed by atoms with Crippen LogP contribution in [0.3, 0.4) is 0 Å². The molecule has 0 aromatic rings. The van der Waals surface area contributed by atoms with Crippen LogP contribution in [0.2, 0.25) is 0 Å². The van der Waals surface area contributed by atoms with E-state index in [-0.39, 0.29) is 0 Å². The molecule has 0 amide bonds. The number of nitrogens with one attached hydrogen (secondary N) is 1. The smallest absolute Gasteiger partial charge is 0.0530 e. The molecule has 0 radical (unpaired) electrons. The zero-order valence-corrected chi connectivity index (χ0v) is 17.6. The summed E-state index contributed by atoms with van der Waals surface area (Å²) < 4.78 is 0. The standard InChI is InChI=1S/C21H46N2S/c1-3-4-5-6-7-8-9-10-11-12-13-14-15-16-17-18-21(23-2)24-20-19-22/h21,23H,3-20,22H2,1-2H3. The van der Waals surface area contributed by atoms with Crippen LogP contribution in [0.4, 0.5) is 0 Å². The lowest BCUT2D eigenvalue weighted by atomic mass is 10.0. The first-order valence-electron chi connectivity index (χ1n) is 10.8. The lowest BCUT2D eigenvalue weighted by Crippen LogP contribution is -2.22. The first kappa shape index (κ1) is 24.3. The molecule has 3 N–H and O–H groups in total. The molecule has 0 fully saturated rings. The molecule has 3 heteroatoms. The Morgan fingerprint density at radius 2 is 1.12 bits per heavy atom. The van der Waals surface area contributed by atoms with E-state index in [1.54, 1.807) is 0 Å². The van der Waals surface area contributed by atoms with E-state index in [2.05, 4.69) is 19.3 Å². The van der Waals surface area contributed by atoms with Gasteiger partial charge in [0.05, 0.1) is 5.37 Å². The van der Waals surface area contributed by atoms with Crippen LogP contribution >= 0.6 is 11.8 Å². The van der Waals surface area contributed by atoms with Gasteiger partial charge in [0.1, 0.15) is 0 Å². The molecule has 0 aliphatic rings. The minimum absolute atomic E-state index is 0.607. The summed E-state index contributed by atoms with van der Waals surface area (Å²) in [6.45, 7) is 3.09. The fourth-order valence-electron chi connectivity index (χ4n) is 3.22. The van der Waals surface area contributed by atoms with Crippen molar-refractivity contribution in [2.24, 2.45) is 5.73 Å². The Labute approximate surface area is 157 Å². The van der Waals surface area contributed by atoms with Crippen LogP contribution in [0.1, 0.15) is 110 Å². The van der Waals surface area contributed by atoms with Gasteiger partial charge in [0, 0.05) is 12.3 Å². The molecule has 0 bridgehead atoms. The van der Waals surface area contributed by atoms with E-state index in [0.29, 0.717) is 5.37 Å². The quantitative estimate of drug-likeness (QED) is 0.193. The maximum absolute atomic E-state index is 5.57. The molecular weight excluding hydrogens is 312 g/mol. The molecule has 1 unspecified atom stereocenters. The van der Waals surface area contributed by atoms with E-state index >= 15 is 0 Å². The van der Waals surface area contributed by atoms with Gasteiger partial charge < -0.3 is 11.1 Å². The number of thioether (sulfide) groups is 1. The Kier molecular flexibility index (Phi) is 21.6. The highest BCUT2D eigenvalue weighted by Crippen LogP contribution is 2.17. The maximum atomic E-state index is 5.57. The Bertz CT molecular complexity index is 224. The van der Waals surface area contributed by atoms with Crippen LogP contribution in [0.5, 0.6) is 0 Å². The Morgan fingerprint density at radius 3 is 1.50 bits per heavy atom. The normalized spacial score (nSPS) is 12.6. The second-order valence-corrected chi connectivity index (χ2v) is 8.49. The van der Waals surface area contributed by atoms with Crippen molar-refractivity contribution in [1.29, 1.82) is 0 Å². The Morgan fingerprint density at radius 1 is 0.708 bits per heavy atom. The highest BCUT2D eigenvalue weighted by molar-refractivity contribution is 7.99. The van der Waals surface area contributed by atoms with Crippen LogP contribution in [-0.2, 0) is 0 Å². The van der Waals surface area contributed by atoms with Crippen LogP contribution in [0, 0.1) is 0 Å². The molecule has 2 nitrogen and oxygen atoms in total. The highest BCUT2D eigenvalue weighted by Gasteiger charge is 2.04. The predicted molar refractivity (Wildman–Crippen MR) is 114 cm³/mol. The molecule has 0 aliphatic heterocycles. The lowest BCUT2D eigenvalue weighted by molar-refractivity contribution is 0.525. The summed E-state index contributed by atoms with van der Waals surface area (Å²) in [6, 6.07) is 0. The molecule has 146 valence electrons. The molecule has 0 aromatic heterocycles. The largest absolute Gasteiger partial charge is 0.330 e. The van der Waals surface area contributed by atoms with Gasteiger partial charge in [-0.25, -0.2) is 0 Å². The van der Waals surface area contributed by atoms with Gasteiger partial charge in [-0.1, -0.05) is 103 Å². The number of unbranched alkanes of at least 4 members (excludes halogenated alkanes) is 14. The lowest BCUT2D eigenvalue weighted by Gasteiger charge is -2.14. The third-order valence-electron chi connectivity index (χ3n) is 4.83. The molecule has 0 saturated heterocycles. The van der Waals surface area contributed by atoms with Gasteiger partial charge in [0.2, 0.25) is 0 Å². The van der Waals surface area contributed by atoms with Crippen molar-refractivity contribution in [2.75, 3.05) is 19.3 Å². The first-order valence-corrected chi connectivity index (χ1v) is 11.9. The molecular formula is C21H46N2S. The van der Waals surface area contributed by atoms with Crippen LogP contribution in [0.15, 0.2) is 0 Å². The van der Waals surface area contributed by atoms with Gasteiger partial charge in [0.15, 0.2) is 0 Å². The molecule has 1 atom stereocenters. The Hall–Kier alpha value is 0.270. The molecule has 0 saturated carbocycles. The highest BCUT2D eigenvalue weighted by atomic mass is 32.2. The van der Waals surface area contributed by atoms with Crippen molar-refractivity contribution in [3.8, 4) is 0 Å². The molecule has 0 rings (SSSR count). The number of hydrogen-bond acceptors (Lipinski definition) is 3. The molecule has 0 heterocycles. The first-order chi connectivity index (χ1) is 11.8. The summed E-state index contributed by atoms with van der Waals surface area (Å²) in [5.41, 5.74) is 5.57. The van der Waals surface area contributed by atoms with E-state index in [9.17, 15) is 0 Å². The summed E-state index contributed by atoms with van der Waals surface area (Å²) in [5, 5.41) is 4.00. The van der Waals surface area contributed by atoms with E-state index in [1.807, 2.05) is 11.8 Å². The molecule has 0 spiro atoms. The number of hydrogen-bond donors (Lipinski definition) is 2. The molecule has 0 aliphatic carbocycles. The van der Waals surface area contributed by atoms with E-state index in [0.717, 1.165) is 12.3 Å². The number of nitrogens with two attached hydrogens (primary N) is 1. The SMILES string of the molecule is CCCCCCCCCCCCCCCCCC(NC)SCCN. The van der Waals surface area contributed by atoms with E-state index in [1.165, 1.54) is 103 Å². The van der Waals surface area contributed by atoms with Crippen LogP contribution in [-0.4, -0.2) is 24.7 Å². The minimum atomic E-state index is 0.607. The second-order valence-electron chi connectivity index (χ2n) is 7.18. The van der Waals surface area contributed by atoms with Crippen LogP contribution < -0.4 is 11.1 Å². The van der Waals surface area contributed by atoms with Crippen molar-refractivity contribution in [3.63, 3.8) is 0 Å². The average molecular weight is 359 g/mol. The third-order valence-corrected chi connectivity index (χ3v) is 6.17. The van der Waals surface area contributed by atoms with Gasteiger partial charge in [-0.2, -0.15) is 0 Å². The number of rotatable bonds is 20. The van der Waals surface area contributed by atoms with Crippen molar-refractivity contribution < 1.29 is 0 Å². The maximum Gasteiger partial charge on any atom is 0.0530 e. The van der Waals surface area contributed by atoms with Crippen molar-refractivity contribution in [1.82, 2.24) is 5.32 Å². The summed E-state index contributed by atoms with van der Waals surface area (Å²) >= 11 is 1.97. The van der Waals surface area contributed by atoms with Crippen molar-refractivity contribution in [3.05, 3.63) is 0 Å². The Balaban J connectivity index is 3.12. The van der Waals surface area contributed by atoms with Crippen molar-refractivity contribution >= 4 is 11.8 Å². The van der Waals surface area contributed by atoms with Crippen LogP contribution in [0.25, 0.3) is 0 Å². The third kappa shape index (κ3) is 18.6. The average Bonchev–Trinajstić information content (AvgIpc) is 2.61. The monoisotopic (exact) mass is 358 g/mol.